The fourth-order valence-electron chi connectivity index (χ4n) is 3.27. The van der Waals surface area contributed by atoms with Gasteiger partial charge in [-0.25, -0.2) is 9.97 Å². The molecular weight excluding hydrogens is 342 g/mol. The summed E-state index contributed by atoms with van der Waals surface area (Å²) in [4.78, 5) is 20.8. The van der Waals surface area contributed by atoms with Gasteiger partial charge >= 0.3 is 6.01 Å². The Balaban J connectivity index is 1.39. The summed E-state index contributed by atoms with van der Waals surface area (Å²) in [6.45, 7) is 5.93. The molecule has 0 bridgehead atoms. The van der Waals surface area contributed by atoms with Gasteiger partial charge in [0.05, 0.1) is 0 Å². The summed E-state index contributed by atoms with van der Waals surface area (Å²) >= 11 is 0. The molecule has 1 amide bonds. The normalized spacial score (nSPS) is 19.4. The molecule has 0 unspecified atom stereocenters. The lowest BCUT2D eigenvalue weighted by Crippen LogP contribution is -2.41. The van der Waals surface area contributed by atoms with E-state index in [0.717, 1.165) is 42.6 Å². The molecule has 0 atom stereocenters. The second-order valence-corrected chi connectivity index (χ2v) is 7.19. The van der Waals surface area contributed by atoms with Crippen molar-refractivity contribution >= 4 is 5.91 Å². The van der Waals surface area contributed by atoms with Gasteiger partial charge < -0.3 is 14.8 Å². The molecule has 0 spiro atoms. The Morgan fingerprint density at radius 3 is 2.30 bits per heavy atom. The molecule has 1 N–H and O–H groups in total. The third-order valence-corrected chi connectivity index (χ3v) is 4.66. The monoisotopic (exact) mass is 369 g/mol. The van der Waals surface area contributed by atoms with E-state index in [4.69, 9.17) is 9.47 Å². The highest BCUT2D eigenvalue weighted by atomic mass is 16.5. The average molecular weight is 369 g/mol. The Morgan fingerprint density at radius 1 is 1.04 bits per heavy atom. The number of nitrogens with one attached hydrogen (secondary N) is 1. The van der Waals surface area contributed by atoms with E-state index in [1.165, 1.54) is 0 Å². The molecule has 1 heterocycles. The zero-order chi connectivity index (χ0) is 19.2. The van der Waals surface area contributed by atoms with Crippen molar-refractivity contribution in [1.29, 1.82) is 0 Å². The van der Waals surface area contributed by atoms with Crippen molar-refractivity contribution in [3.8, 4) is 11.8 Å². The van der Waals surface area contributed by atoms with Crippen molar-refractivity contribution in [2.24, 2.45) is 0 Å². The molecule has 1 aliphatic rings. The van der Waals surface area contributed by atoms with E-state index in [1.54, 1.807) is 0 Å². The van der Waals surface area contributed by atoms with Crippen LogP contribution in [0.2, 0.25) is 0 Å². The summed E-state index contributed by atoms with van der Waals surface area (Å²) in [5.74, 6) is 0.624. The van der Waals surface area contributed by atoms with E-state index in [0.29, 0.717) is 11.8 Å². The number of aromatic nitrogens is 2. The van der Waals surface area contributed by atoms with Crippen LogP contribution in [0.3, 0.4) is 0 Å². The Labute approximate surface area is 160 Å². The maximum Gasteiger partial charge on any atom is 0.317 e. The summed E-state index contributed by atoms with van der Waals surface area (Å²) in [5, 5.41) is 3.05. The van der Waals surface area contributed by atoms with E-state index >= 15 is 0 Å². The van der Waals surface area contributed by atoms with Gasteiger partial charge in [0.2, 0.25) is 0 Å². The number of hydrogen-bond donors (Lipinski definition) is 1. The number of carbonyl (C=O) groups is 1. The van der Waals surface area contributed by atoms with E-state index < -0.39 is 0 Å². The maximum atomic E-state index is 12.1. The Morgan fingerprint density at radius 2 is 1.67 bits per heavy atom. The molecule has 144 valence electrons. The fraction of sp³-hybridized carbons (Fsp3) is 0.476. The summed E-state index contributed by atoms with van der Waals surface area (Å²) in [6, 6.07) is 10.2. The summed E-state index contributed by atoms with van der Waals surface area (Å²) in [6.07, 6.45) is 3.61. The van der Waals surface area contributed by atoms with Crippen molar-refractivity contribution < 1.29 is 14.3 Å². The minimum atomic E-state index is -0.0856. The molecule has 2 aromatic rings. The van der Waals surface area contributed by atoms with Crippen LogP contribution in [-0.4, -0.2) is 34.6 Å². The molecule has 3 rings (SSSR count). The van der Waals surface area contributed by atoms with Crippen LogP contribution in [0.4, 0.5) is 0 Å². The van der Waals surface area contributed by atoms with Gasteiger partial charge in [0.1, 0.15) is 11.9 Å². The van der Waals surface area contributed by atoms with Gasteiger partial charge in [0.25, 0.3) is 5.91 Å². The highest BCUT2D eigenvalue weighted by Crippen LogP contribution is 2.22. The van der Waals surface area contributed by atoms with Crippen molar-refractivity contribution in [2.75, 3.05) is 6.61 Å². The van der Waals surface area contributed by atoms with Gasteiger partial charge in [0.15, 0.2) is 6.61 Å². The molecule has 0 radical (unpaired) electrons. The van der Waals surface area contributed by atoms with Gasteiger partial charge in [-0.1, -0.05) is 17.7 Å². The zero-order valence-electron chi connectivity index (χ0n) is 16.2. The number of ether oxygens (including phenoxy) is 2. The summed E-state index contributed by atoms with van der Waals surface area (Å²) in [7, 11) is 0. The first-order chi connectivity index (χ1) is 13.0. The van der Waals surface area contributed by atoms with Crippen molar-refractivity contribution in [1.82, 2.24) is 15.3 Å². The lowest BCUT2D eigenvalue weighted by molar-refractivity contribution is -0.124. The van der Waals surface area contributed by atoms with Crippen molar-refractivity contribution in [2.45, 2.75) is 58.6 Å². The molecule has 6 nitrogen and oxygen atoms in total. The van der Waals surface area contributed by atoms with Gasteiger partial charge in [-0.15, -0.1) is 0 Å². The molecule has 6 heteroatoms. The first-order valence-corrected chi connectivity index (χ1v) is 9.46. The predicted octanol–water partition coefficient (Wildman–Crippen LogP) is 3.29. The number of aryl methyl sites for hydroxylation is 3. The van der Waals surface area contributed by atoms with Crippen LogP contribution in [0, 0.1) is 20.8 Å². The first-order valence-electron chi connectivity index (χ1n) is 9.46. The number of nitrogens with zero attached hydrogens (tertiary/aromatic N) is 2. The van der Waals surface area contributed by atoms with Gasteiger partial charge in [-0.3, -0.25) is 4.79 Å². The van der Waals surface area contributed by atoms with Crippen LogP contribution in [0.1, 0.15) is 42.6 Å². The van der Waals surface area contributed by atoms with E-state index in [2.05, 4.69) is 15.3 Å². The second kappa shape index (κ2) is 8.84. The van der Waals surface area contributed by atoms with Crippen molar-refractivity contribution in [3.63, 3.8) is 0 Å². The fourth-order valence-corrected chi connectivity index (χ4v) is 3.27. The lowest BCUT2D eigenvalue weighted by atomic mass is 9.93. The molecule has 1 fully saturated rings. The average Bonchev–Trinajstić information content (AvgIpc) is 2.62. The van der Waals surface area contributed by atoms with Crippen LogP contribution in [-0.2, 0) is 4.79 Å². The Bertz CT molecular complexity index is 748. The summed E-state index contributed by atoms with van der Waals surface area (Å²) < 4.78 is 11.5. The highest BCUT2D eigenvalue weighted by molar-refractivity contribution is 5.77. The van der Waals surface area contributed by atoms with Gasteiger partial charge in [0, 0.05) is 17.4 Å². The van der Waals surface area contributed by atoms with Crippen molar-refractivity contribution in [3.05, 3.63) is 47.3 Å². The Kier molecular flexibility index (Phi) is 6.27. The SMILES string of the molecule is Cc1ccc(OCC(=O)NC2CCC(Oc3nc(C)cc(C)n3)CC2)cc1. The third-order valence-electron chi connectivity index (χ3n) is 4.66. The van der Waals surface area contributed by atoms with Gasteiger partial charge in [-0.05, 0) is 64.7 Å². The minimum Gasteiger partial charge on any atom is -0.484 e. The van der Waals surface area contributed by atoms with E-state index in [-0.39, 0.29) is 24.7 Å². The third kappa shape index (κ3) is 5.94. The number of rotatable bonds is 6. The molecule has 1 aromatic heterocycles. The number of hydrogen-bond acceptors (Lipinski definition) is 5. The maximum absolute atomic E-state index is 12.1. The molecule has 1 aromatic carbocycles. The molecule has 1 saturated carbocycles. The first kappa shape index (κ1) is 19.1. The second-order valence-electron chi connectivity index (χ2n) is 7.19. The minimum absolute atomic E-state index is 0.0376. The molecular formula is C21H27N3O3. The topological polar surface area (TPSA) is 73.3 Å². The van der Waals surface area contributed by atoms with Crippen LogP contribution in [0.25, 0.3) is 0 Å². The summed E-state index contributed by atoms with van der Waals surface area (Å²) in [5.41, 5.74) is 2.98. The number of carbonyl (C=O) groups excluding carboxylic acids is 1. The predicted molar refractivity (Wildman–Crippen MR) is 103 cm³/mol. The Hall–Kier alpha value is -2.63. The van der Waals surface area contributed by atoms with Crippen LogP contribution >= 0.6 is 0 Å². The molecule has 1 aliphatic carbocycles. The molecule has 27 heavy (non-hydrogen) atoms. The quantitative estimate of drug-likeness (QED) is 0.846. The molecule has 0 aliphatic heterocycles. The van der Waals surface area contributed by atoms with E-state index in [1.807, 2.05) is 51.1 Å². The van der Waals surface area contributed by atoms with Crippen LogP contribution in [0.5, 0.6) is 11.8 Å². The highest BCUT2D eigenvalue weighted by Gasteiger charge is 2.24. The van der Waals surface area contributed by atoms with Crippen LogP contribution in [0.15, 0.2) is 30.3 Å². The van der Waals surface area contributed by atoms with Gasteiger partial charge in [-0.2, -0.15) is 0 Å². The van der Waals surface area contributed by atoms with E-state index in [9.17, 15) is 4.79 Å². The standard InChI is InChI=1S/C21H27N3O3/c1-14-4-8-18(9-5-14)26-13-20(25)24-17-6-10-19(11-7-17)27-21-22-15(2)12-16(3)23-21/h4-5,8-9,12,17,19H,6-7,10-11,13H2,1-3H3,(H,24,25). The van der Waals surface area contributed by atoms with Crippen LogP contribution < -0.4 is 14.8 Å². The number of amides is 1. The largest absolute Gasteiger partial charge is 0.484 e. The molecule has 0 saturated heterocycles. The number of benzene rings is 1. The lowest BCUT2D eigenvalue weighted by Gasteiger charge is -2.29. The smallest absolute Gasteiger partial charge is 0.317 e. The zero-order valence-corrected chi connectivity index (χ0v) is 16.2.